The summed E-state index contributed by atoms with van der Waals surface area (Å²) in [5.74, 6) is 1.20. The van der Waals surface area contributed by atoms with Gasteiger partial charge in [0, 0.05) is 31.7 Å². The molecular weight excluding hydrogens is 278 g/mol. The van der Waals surface area contributed by atoms with E-state index in [1.807, 2.05) is 23.1 Å². The first-order valence-corrected chi connectivity index (χ1v) is 8.02. The second kappa shape index (κ2) is 6.53. The van der Waals surface area contributed by atoms with Crippen molar-refractivity contribution in [2.75, 3.05) is 19.8 Å². The van der Waals surface area contributed by atoms with Gasteiger partial charge in [-0.3, -0.25) is 4.79 Å². The van der Waals surface area contributed by atoms with Crippen molar-refractivity contribution < 1.29 is 14.6 Å². The number of aliphatic hydroxyl groups is 1. The van der Waals surface area contributed by atoms with Gasteiger partial charge >= 0.3 is 0 Å². The lowest BCUT2D eigenvalue weighted by Crippen LogP contribution is -2.45. The van der Waals surface area contributed by atoms with Crippen LogP contribution >= 0.6 is 0 Å². The monoisotopic (exact) mass is 301 g/mol. The molecule has 4 nitrogen and oxygen atoms in total. The van der Waals surface area contributed by atoms with Crippen LogP contribution in [0.4, 0.5) is 0 Å². The number of hydrogen-bond donors (Lipinski definition) is 1. The van der Waals surface area contributed by atoms with Crippen molar-refractivity contribution in [1.29, 1.82) is 0 Å². The van der Waals surface area contributed by atoms with Crippen LogP contribution in [-0.2, 0) is 11.2 Å². The van der Waals surface area contributed by atoms with Crippen LogP contribution in [0.2, 0.25) is 0 Å². The third-order valence-corrected chi connectivity index (χ3v) is 4.65. The highest BCUT2D eigenvalue weighted by Crippen LogP contribution is 2.26. The Balaban J connectivity index is 1.67. The van der Waals surface area contributed by atoms with Gasteiger partial charge in [0.25, 0.3) is 0 Å². The zero-order valence-electron chi connectivity index (χ0n) is 13.0. The summed E-state index contributed by atoms with van der Waals surface area (Å²) in [4.78, 5) is 14.3. The molecular formula is C18H23NO3. The Hall–Kier alpha value is -1.81. The molecule has 0 aromatic heterocycles. The van der Waals surface area contributed by atoms with Crippen LogP contribution in [0.25, 0.3) is 6.08 Å². The molecule has 0 aliphatic carbocycles. The number of rotatable bonds is 3. The lowest BCUT2D eigenvalue weighted by atomic mass is 9.94. The van der Waals surface area contributed by atoms with E-state index >= 15 is 0 Å². The minimum Gasteiger partial charge on any atom is -0.493 e. The number of benzene rings is 1. The number of amides is 1. The van der Waals surface area contributed by atoms with E-state index in [1.54, 1.807) is 6.08 Å². The molecule has 2 atom stereocenters. The summed E-state index contributed by atoms with van der Waals surface area (Å²) in [6.45, 7) is 3.63. The van der Waals surface area contributed by atoms with Crippen molar-refractivity contribution in [1.82, 2.24) is 4.90 Å². The Bertz CT molecular complexity index is 582. The predicted molar refractivity (Wildman–Crippen MR) is 85.7 cm³/mol. The highest BCUT2D eigenvalue weighted by Gasteiger charge is 2.27. The molecule has 0 bridgehead atoms. The van der Waals surface area contributed by atoms with E-state index in [1.165, 1.54) is 5.56 Å². The van der Waals surface area contributed by atoms with E-state index in [4.69, 9.17) is 4.74 Å². The van der Waals surface area contributed by atoms with Crippen LogP contribution in [-0.4, -0.2) is 41.7 Å². The number of likely N-dealkylation sites (tertiary alicyclic amines) is 1. The standard InChI is InChI=1S/C18H23NO3/c1-13-2-3-15(12-20)11-19(13)18(21)7-5-14-4-6-17-16(10-14)8-9-22-17/h4-7,10,13,15,20H,2-3,8-9,11-12H2,1H3/b7-5+. The third kappa shape index (κ3) is 3.17. The van der Waals surface area contributed by atoms with E-state index < -0.39 is 0 Å². The van der Waals surface area contributed by atoms with Crippen molar-refractivity contribution >= 4 is 12.0 Å². The maximum absolute atomic E-state index is 12.4. The third-order valence-electron chi connectivity index (χ3n) is 4.65. The summed E-state index contributed by atoms with van der Waals surface area (Å²) >= 11 is 0. The van der Waals surface area contributed by atoms with Crippen LogP contribution in [0, 0.1) is 5.92 Å². The van der Waals surface area contributed by atoms with E-state index in [0.717, 1.165) is 37.2 Å². The van der Waals surface area contributed by atoms with E-state index in [2.05, 4.69) is 13.0 Å². The Morgan fingerprint density at radius 2 is 2.32 bits per heavy atom. The van der Waals surface area contributed by atoms with Gasteiger partial charge in [-0.25, -0.2) is 0 Å². The minimum atomic E-state index is 0.0300. The maximum atomic E-state index is 12.4. The zero-order valence-corrected chi connectivity index (χ0v) is 13.0. The molecule has 1 aromatic rings. The highest BCUT2D eigenvalue weighted by atomic mass is 16.5. The summed E-state index contributed by atoms with van der Waals surface area (Å²) in [7, 11) is 0. The molecule has 2 aliphatic rings. The van der Waals surface area contributed by atoms with E-state index in [9.17, 15) is 9.90 Å². The molecule has 118 valence electrons. The van der Waals surface area contributed by atoms with Gasteiger partial charge in [0.15, 0.2) is 0 Å². The molecule has 1 amide bonds. The topological polar surface area (TPSA) is 49.8 Å². The smallest absolute Gasteiger partial charge is 0.246 e. The van der Waals surface area contributed by atoms with Gasteiger partial charge < -0.3 is 14.7 Å². The van der Waals surface area contributed by atoms with E-state index in [0.29, 0.717) is 6.54 Å². The molecule has 0 saturated carbocycles. The molecule has 22 heavy (non-hydrogen) atoms. The molecule has 2 aliphatic heterocycles. The Labute approximate surface area is 131 Å². The molecule has 1 N–H and O–H groups in total. The molecule has 0 radical (unpaired) electrons. The summed E-state index contributed by atoms with van der Waals surface area (Å²) in [6.07, 6.45) is 6.41. The first kappa shape index (κ1) is 15.1. The van der Waals surface area contributed by atoms with Gasteiger partial charge in [-0.2, -0.15) is 0 Å². The SMILES string of the molecule is CC1CCC(CO)CN1C(=O)/C=C/c1ccc2c(c1)CCO2. The van der Waals surface area contributed by atoms with Crippen LogP contribution in [0.1, 0.15) is 30.9 Å². The van der Waals surface area contributed by atoms with Crippen molar-refractivity contribution in [3.8, 4) is 5.75 Å². The summed E-state index contributed by atoms with van der Waals surface area (Å²) in [6, 6.07) is 6.28. The fraction of sp³-hybridized carbons (Fsp3) is 0.500. The average molecular weight is 301 g/mol. The van der Waals surface area contributed by atoms with Crippen molar-refractivity contribution in [3.63, 3.8) is 0 Å². The predicted octanol–water partition coefficient (Wildman–Crippen LogP) is 2.25. The fourth-order valence-corrected chi connectivity index (χ4v) is 3.21. The van der Waals surface area contributed by atoms with Crippen molar-refractivity contribution in [2.45, 2.75) is 32.2 Å². The molecule has 0 spiro atoms. The fourth-order valence-electron chi connectivity index (χ4n) is 3.21. The zero-order chi connectivity index (χ0) is 15.5. The molecule has 2 unspecified atom stereocenters. The number of aliphatic hydroxyl groups excluding tert-OH is 1. The maximum Gasteiger partial charge on any atom is 0.246 e. The van der Waals surface area contributed by atoms with Gasteiger partial charge in [-0.15, -0.1) is 0 Å². The molecule has 3 rings (SSSR count). The Kier molecular flexibility index (Phi) is 4.48. The second-order valence-corrected chi connectivity index (χ2v) is 6.26. The second-order valence-electron chi connectivity index (χ2n) is 6.26. The summed E-state index contributed by atoms with van der Waals surface area (Å²) < 4.78 is 5.49. The molecule has 4 heteroatoms. The number of carbonyl (C=O) groups excluding carboxylic acids is 1. The lowest BCUT2D eigenvalue weighted by molar-refractivity contribution is -0.130. The van der Waals surface area contributed by atoms with E-state index in [-0.39, 0.29) is 24.5 Å². The lowest BCUT2D eigenvalue weighted by Gasteiger charge is -2.36. The Morgan fingerprint density at radius 1 is 1.45 bits per heavy atom. The normalized spacial score (nSPS) is 24.4. The number of piperidine rings is 1. The molecule has 1 fully saturated rings. The van der Waals surface area contributed by atoms with Crippen LogP contribution in [0.15, 0.2) is 24.3 Å². The quantitative estimate of drug-likeness (QED) is 0.871. The van der Waals surface area contributed by atoms with Gasteiger partial charge in [0.2, 0.25) is 5.91 Å². The summed E-state index contributed by atoms with van der Waals surface area (Å²) in [5.41, 5.74) is 2.24. The van der Waals surface area contributed by atoms with Crippen LogP contribution in [0.3, 0.4) is 0 Å². The first-order valence-electron chi connectivity index (χ1n) is 8.02. The number of fused-ring (bicyclic) bond motifs is 1. The van der Waals surface area contributed by atoms with Gasteiger partial charge in [0.1, 0.15) is 5.75 Å². The number of ether oxygens (including phenoxy) is 1. The van der Waals surface area contributed by atoms with Gasteiger partial charge in [-0.1, -0.05) is 6.07 Å². The molecule has 2 heterocycles. The van der Waals surface area contributed by atoms with Gasteiger partial charge in [0.05, 0.1) is 6.61 Å². The van der Waals surface area contributed by atoms with Crippen molar-refractivity contribution in [3.05, 3.63) is 35.4 Å². The largest absolute Gasteiger partial charge is 0.493 e. The first-order chi connectivity index (χ1) is 10.7. The number of carbonyl (C=O) groups is 1. The highest BCUT2D eigenvalue weighted by molar-refractivity contribution is 5.92. The minimum absolute atomic E-state index is 0.0300. The average Bonchev–Trinajstić information content (AvgIpc) is 3.00. The van der Waals surface area contributed by atoms with Crippen molar-refractivity contribution in [2.24, 2.45) is 5.92 Å². The number of hydrogen-bond acceptors (Lipinski definition) is 3. The Morgan fingerprint density at radius 3 is 3.14 bits per heavy atom. The molecule has 1 aromatic carbocycles. The number of nitrogens with zero attached hydrogens (tertiary/aromatic N) is 1. The molecule has 1 saturated heterocycles. The summed E-state index contributed by atoms with van der Waals surface area (Å²) in [5, 5.41) is 9.31. The van der Waals surface area contributed by atoms with Gasteiger partial charge in [-0.05, 0) is 55.0 Å². The van der Waals surface area contributed by atoms with Crippen LogP contribution in [0.5, 0.6) is 5.75 Å². The van der Waals surface area contributed by atoms with Crippen LogP contribution < -0.4 is 4.74 Å².